The molecule has 0 unspecified atom stereocenters. The van der Waals surface area contributed by atoms with Crippen molar-refractivity contribution in [1.29, 1.82) is 0 Å². The quantitative estimate of drug-likeness (QED) is 0.617. The van der Waals surface area contributed by atoms with Crippen molar-refractivity contribution in [3.63, 3.8) is 0 Å². The summed E-state index contributed by atoms with van der Waals surface area (Å²) in [4.78, 5) is 13.7. The van der Waals surface area contributed by atoms with E-state index < -0.39 is 0 Å². The molecule has 2 N–H and O–H groups in total. The molecule has 0 saturated heterocycles. The molecule has 0 aliphatic rings. The fourth-order valence-corrected chi connectivity index (χ4v) is 3.06. The topological polar surface area (TPSA) is 69.1 Å². The number of hydrogen-bond donors (Lipinski definition) is 1. The van der Waals surface area contributed by atoms with Crippen molar-refractivity contribution in [3.8, 4) is 22.6 Å². The molecular formula is C15H10FN5S. The zero-order chi connectivity index (χ0) is 15.1. The van der Waals surface area contributed by atoms with Gasteiger partial charge in [0.25, 0.3) is 0 Å². The first kappa shape index (κ1) is 12.9. The van der Waals surface area contributed by atoms with Gasteiger partial charge in [-0.3, -0.25) is 4.40 Å². The van der Waals surface area contributed by atoms with Gasteiger partial charge in [-0.15, -0.1) is 11.3 Å². The number of halogens is 1. The van der Waals surface area contributed by atoms with Gasteiger partial charge in [-0.2, -0.15) is 0 Å². The highest BCUT2D eigenvalue weighted by Gasteiger charge is 2.18. The Bertz CT molecular complexity index is 958. The number of nitrogen functional groups attached to an aromatic ring is 1. The van der Waals surface area contributed by atoms with Crippen LogP contribution in [0.3, 0.4) is 0 Å². The Morgan fingerprint density at radius 1 is 1.09 bits per heavy atom. The number of aromatic nitrogens is 4. The first-order valence-electron chi connectivity index (χ1n) is 6.53. The van der Waals surface area contributed by atoms with Crippen LogP contribution in [0.25, 0.3) is 27.6 Å². The second-order valence-corrected chi connectivity index (χ2v) is 5.54. The van der Waals surface area contributed by atoms with Crippen LogP contribution in [0.5, 0.6) is 0 Å². The second kappa shape index (κ2) is 4.88. The van der Waals surface area contributed by atoms with E-state index in [0.29, 0.717) is 5.69 Å². The van der Waals surface area contributed by atoms with Gasteiger partial charge >= 0.3 is 0 Å². The lowest BCUT2D eigenvalue weighted by molar-refractivity contribution is 0.628. The molecule has 0 saturated carbocycles. The van der Waals surface area contributed by atoms with E-state index >= 15 is 0 Å². The number of benzene rings is 1. The van der Waals surface area contributed by atoms with Gasteiger partial charge in [-0.1, -0.05) is 0 Å². The number of nitrogens with two attached hydrogens (primary N) is 1. The van der Waals surface area contributed by atoms with Gasteiger partial charge in [0.05, 0.1) is 11.4 Å². The van der Waals surface area contributed by atoms with E-state index in [-0.39, 0.29) is 11.8 Å². The summed E-state index contributed by atoms with van der Waals surface area (Å²) in [6, 6.07) is 8.03. The van der Waals surface area contributed by atoms with Crippen molar-refractivity contribution in [2.24, 2.45) is 0 Å². The van der Waals surface area contributed by atoms with Gasteiger partial charge in [0.15, 0.2) is 4.96 Å². The lowest BCUT2D eigenvalue weighted by atomic mass is 10.1. The van der Waals surface area contributed by atoms with Crippen molar-refractivity contribution in [3.05, 3.63) is 53.9 Å². The fourth-order valence-electron chi connectivity index (χ4n) is 2.35. The average Bonchev–Trinajstić information content (AvgIpc) is 3.08. The van der Waals surface area contributed by atoms with E-state index in [1.807, 2.05) is 16.0 Å². The Kier molecular flexibility index (Phi) is 2.87. The molecule has 5 nitrogen and oxygen atoms in total. The Morgan fingerprint density at radius 2 is 1.91 bits per heavy atom. The third kappa shape index (κ3) is 2.03. The van der Waals surface area contributed by atoms with Crippen LogP contribution in [0.15, 0.2) is 48.1 Å². The normalized spacial score (nSPS) is 11.1. The molecule has 3 aromatic heterocycles. The van der Waals surface area contributed by atoms with Crippen LogP contribution < -0.4 is 5.73 Å². The third-order valence-corrected chi connectivity index (χ3v) is 4.05. The van der Waals surface area contributed by atoms with E-state index in [4.69, 9.17) is 5.73 Å². The zero-order valence-corrected chi connectivity index (χ0v) is 12.1. The summed E-state index contributed by atoms with van der Waals surface area (Å²) >= 11 is 1.52. The van der Waals surface area contributed by atoms with Crippen LogP contribution in [-0.2, 0) is 0 Å². The van der Waals surface area contributed by atoms with Gasteiger partial charge in [0, 0.05) is 23.3 Å². The summed E-state index contributed by atoms with van der Waals surface area (Å²) in [5.74, 6) is -0.0784. The number of hydrogen-bond acceptors (Lipinski definition) is 5. The SMILES string of the molecule is Nc1nccc(-c2c(-c3ccc(F)cc3)nc3sccn23)n1. The molecule has 0 atom stereocenters. The minimum atomic E-state index is -0.280. The first-order chi connectivity index (χ1) is 10.7. The fraction of sp³-hybridized carbons (Fsp3) is 0. The minimum absolute atomic E-state index is 0.202. The maximum atomic E-state index is 13.2. The van der Waals surface area contributed by atoms with Crippen molar-refractivity contribution < 1.29 is 4.39 Å². The molecule has 0 aliphatic carbocycles. The predicted molar refractivity (Wildman–Crippen MR) is 83.9 cm³/mol. The van der Waals surface area contributed by atoms with Gasteiger partial charge in [0.2, 0.25) is 5.95 Å². The lowest BCUT2D eigenvalue weighted by Crippen LogP contribution is -1.97. The molecule has 0 radical (unpaired) electrons. The number of nitrogens with zero attached hydrogens (tertiary/aromatic N) is 4. The molecule has 0 fully saturated rings. The summed E-state index contributed by atoms with van der Waals surface area (Å²) in [6.45, 7) is 0. The number of rotatable bonds is 2. The van der Waals surface area contributed by atoms with Crippen LogP contribution in [-0.4, -0.2) is 19.4 Å². The highest BCUT2D eigenvalue weighted by molar-refractivity contribution is 7.15. The molecule has 0 aliphatic heterocycles. The molecule has 4 rings (SSSR count). The lowest BCUT2D eigenvalue weighted by Gasteiger charge is -2.04. The van der Waals surface area contributed by atoms with Gasteiger partial charge in [-0.05, 0) is 30.3 Å². The monoisotopic (exact) mass is 311 g/mol. The van der Waals surface area contributed by atoms with Gasteiger partial charge in [-0.25, -0.2) is 19.3 Å². The Balaban J connectivity index is 2.01. The van der Waals surface area contributed by atoms with E-state index in [1.165, 1.54) is 23.5 Å². The first-order valence-corrected chi connectivity index (χ1v) is 7.41. The number of thiazole rings is 1. The summed E-state index contributed by atoms with van der Waals surface area (Å²) in [5, 5.41) is 1.95. The molecule has 3 heterocycles. The Labute approximate surface area is 128 Å². The van der Waals surface area contributed by atoms with E-state index in [2.05, 4.69) is 15.0 Å². The van der Waals surface area contributed by atoms with Crippen LogP contribution in [0, 0.1) is 5.82 Å². The molecule has 0 spiro atoms. The molecule has 4 aromatic rings. The van der Waals surface area contributed by atoms with Crippen molar-refractivity contribution in [2.75, 3.05) is 5.73 Å². The highest BCUT2D eigenvalue weighted by Crippen LogP contribution is 2.33. The standard InChI is InChI=1S/C15H10FN5S/c16-10-3-1-9(2-4-10)12-13(11-5-6-18-14(17)19-11)21-7-8-22-15(21)20-12/h1-8H,(H2,17,18,19). The Hall–Kier alpha value is -2.80. The third-order valence-electron chi connectivity index (χ3n) is 3.30. The maximum Gasteiger partial charge on any atom is 0.220 e. The maximum absolute atomic E-state index is 13.2. The zero-order valence-electron chi connectivity index (χ0n) is 11.3. The van der Waals surface area contributed by atoms with Crippen LogP contribution in [0.2, 0.25) is 0 Å². The molecule has 0 amide bonds. The van der Waals surface area contributed by atoms with E-state index in [0.717, 1.165) is 21.9 Å². The van der Waals surface area contributed by atoms with E-state index in [1.54, 1.807) is 24.4 Å². The van der Waals surface area contributed by atoms with Crippen molar-refractivity contribution >= 4 is 22.2 Å². The molecular weight excluding hydrogens is 301 g/mol. The molecule has 7 heteroatoms. The highest BCUT2D eigenvalue weighted by atomic mass is 32.1. The van der Waals surface area contributed by atoms with Crippen LogP contribution in [0.1, 0.15) is 0 Å². The number of imidazole rings is 1. The van der Waals surface area contributed by atoms with Crippen LogP contribution >= 0.6 is 11.3 Å². The van der Waals surface area contributed by atoms with E-state index in [9.17, 15) is 4.39 Å². The van der Waals surface area contributed by atoms with Crippen LogP contribution in [0.4, 0.5) is 10.3 Å². The molecule has 0 bridgehead atoms. The smallest absolute Gasteiger partial charge is 0.220 e. The average molecular weight is 311 g/mol. The Morgan fingerprint density at radius 3 is 2.68 bits per heavy atom. The molecule has 22 heavy (non-hydrogen) atoms. The van der Waals surface area contributed by atoms with Gasteiger partial charge < -0.3 is 5.73 Å². The largest absolute Gasteiger partial charge is 0.368 e. The number of fused-ring (bicyclic) bond motifs is 1. The summed E-state index contributed by atoms with van der Waals surface area (Å²) < 4.78 is 15.1. The molecule has 1 aromatic carbocycles. The molecule has 108 valence electrons. The predicted octanol–water partition coefficient (Wildman–Crippen LogP) is 3.24. The summed E-state index contributed by atoms with van der Waals surface area (Å²) in [5.41, 5.74) is 8.75. The van der Waals surface area contributed by atoms with Crippen molar-refractivity contribution in [2.45, 2.75) is 0 Å². The van der Waals surface area contributed by atoms with Crippen molar-refractivity contribution in [1.82, 2.24) is 19.4 Å². The number of anilines is 1. The minimum Gasteiger partial charge on any atom is -0.368 e. The van der Waals surface area contributed by atoms with Gasteiger partial charge in [0.1, 0.15) is 11.5 Å². The summed E-state index contributed by atoms with van der Waals surface area (Å²) in [6.07, 6.45) is 3.53. The summed E-state index contributed by atoms with van der Waals surface area (Å²) in [7, 11) is 0. The second-order valence-electron chi connectivity index (χ2n) is 4.67.